The van der Waals surface area contributed by atoms with E-state index in [2.05, 4.69) is 32.3 Å². The monoisotopic (exact) mass is 340 g/mol. The molecule has 2 aliphatic heterocycles. The number of pyridine rings is 1. The topological polar surface area (TPSA) is 70.2 Å². The summed E-state index contributed by atoms with van der Waals surface area (Å²) < 4.78 is 5.42. The largest absolute Gasteiger partial charge is 0.364 e. The third-order valence-corrected chi connectivity index (χ3v) is 6.21. The molecule has 0 atom stereocenters. The summed E-state index contributed by atoms with van der Waals surface area (Å²) >= 11 is 0. The predicted octanol–water partition coefficient (Wildman–Crippen LogP) is 1.99. The Morgan fingerprint density at radius 3 is 2.88 bits per heavy atom. The van der Waals surface area contributed by atoms with E-state index < -0.39 is 0 Å². The van der Waals surface area contributed by atoms with E-state index in [9.17, 15) is 4.79 Å². The molecule has 1 spiro atoms. The van der Waals surface area contributed by atoms with Crippen molar-refractivity contribution in [2.45, 2.75) is 37.1 Å². The molecular formula is C19H24N4O2. The number of likely N-dealkylation sites (tertiary alicyclic amines) is 1. The van der Waals surface area contributed by atoms with Crippen LogP contribution in [0.1, 0.15) is 37.3 Å². The molecule has 3 fully saturated rings. The van der Waals surface area contributed by atoms with Crippen LogP contribution in [-0.2, 0) is 9.53 Å². The molecule has 3 aliphatic rings. The zero-order chi connectivity index (χ0) is 16.9. The van der Waals surface area contributed by atoms with Crippen LogP contribution in [0.3, 0.4) is 0 Å². The van der Waals surface area contributed by atoms with E-state index in [0.717, 1.165) is 51.0 Å². The lowest BCUT2D eigenvalue weighted by molar-refractivity contribution is -0.142. The number of nitrogens with zero attached hydrogens (tertiary/aromatic N) is 2. The average Bonchev–Trinajstić information content (AvgIpc) is 3.27. The second kappa shape index (κ2) is 5.81. The van der Waals surface area contributed by atoms with Gasteiger partial charge in [0, 0.05) is 47.7 Å². The van der Waals surface area contributed by atoms with Gasteiger partial charge >= 0.3 is 0 Å². The Bertz CT molecular complexity index is 747. The van der Waals surface area contributed by atoms with E-state index in [1.807, 2.05) is 12.3 Å². The lowest BCUT2D eigenvalue weighted by Gasteiger charge is -2.45. The average molecular weight is 340 g/mol. The molecule has 6 heteroatoms. The number of amides is 1. The third kappa shape index (κ3) is 2.64. The fourth-order valence-electron chi connectivity index (χ4n) is 4.69. The highest BCUT2D eigenvalue weighted by Gasteiger charge is 2.50. The number of nitrogens with one attached hydrogen (secondary N) is 2. The molecular weight excluding hydrogens is 316 g/mol. The number of ether oxygens (including phenoxy) is 1. The molecule has 6 nitrogen and oxygen atoms in total. The van der Waals surface area contributed by atoms with Gasteiger partial charge in [-0.2, -0.15) is 0 Å². The van der Waals surface area contributed by atoms with Crippen LogP contribution in [0, 0.1) is 5.92 Å². The second-order valence-corrected chi connectivity index (χ2v) is 7.82. The first kappa shape index (κ1) is 15.3. The van der Waals surface area contributed by atoms with Crippen LogP contribution in [0.5, 0.6) is 0 Å². The Morgan fingerprint density at radius 1 is 1.32 bits per heavy atom. The minimum absolute atomic E-state index is 0.0933. The van der Waals surface area contributed by atoms with Gasteiger partial charge in [-0.25, -0.2) is 4.98 Å². The molecule has 25 heavy (non-hydrogen) atoms. The van der Waals surface area contributed by atoms with Crippen molar-refractivity contribution in [3.63, 3.8) is 0 Å². The van der Waals surface area contributed by atoms with Crippen LogP contribution < -0.4 is 5.32 Å². The number of aromatic amines is 1. The van der Waals surface area contributed by atoms with Gasteiger partial charge in [0.25, 0.3) is 0 Å². The van der Waals surface area contributed by atoms with Crippen LogP contribution in [0.2, 0.25) is 0 Å². The highest BCUT2D eigenvalue weighted by Crippen LogP contribution is 2.41. The maximum atomic E-state index is 12.7. The number of fused-ring (bicyclic) bond motifs is 1. The van der Waals surface area contributed by atoms with E-state index in [1.165, 1.54) is 11.1 Å². The number of piperidine rings is 1. The van der Waals surface area contributed by atoms with Crippen molar-refractivity contribution >= 4 is 16.9 Å². The summed E-state index contributed by atoms with van der Waals surface area (Å²) in [5.74, 6) is 1.02. The number of hydrogen-bond acceptors (Lipinski definition) is 4. The summed E-state index contributed by atoms with van der Waals surface area (Å²) in [6.07, 6.45) is 5.73. The number of aromatic nitrogens is 2. The summed E-state index contributed by atoms with van der Waals surface area (Å²) in [6.45, 7) is 3.11. The molecule has 0 radical (unpaired) electrons. The SMILES string of the molecule is O=C([C@H]1C[C@]2(COCN2)C1)N1CCC(c2cc3cccnc3[nH]2)CC1. The van der Waals surface area contributed by atoms with Gasteiger partial charge in [-0.1, -0.05) is 0 Å². The lowest BCUT2D eigenvalue weighted by atomic mass is 9.68. The minimum atomic E-state index is 0.0933. The molecule has 5 rings (SSSR count). The predicted molar refractivity (Wildman–Crippen MR) is 94.1 cm³/mol. The molecule has 1 amide bonds. The highest BCUT2D eigenvalue weighted by atomic mass is 16.5. The molecule has 2 N–H and O–H groups in total. The fraction of sp³-hybridized carbons (Fsp3) is 0.579. The molecule has 1 aliphatic carbocycles. The fourth-order valence-corrected chi connectivity index (χ4v) is 4.69. The molecule has 132 valence electrons. The van der Waals surface area contributed by atoms with E-state index >= 15 is 0 Å². The maximum Gasteiger partial charge on any atom is 0.225 e. The van der Waals surface area contributed by atoms with Crippen molar-refractivity contribution < 1.29 is 9.53 Å². The molecule has 0 unspecified atom stereocenters. The number of hydrogen-bond donors (Lipinski definition) is 2. The van der Waals surface area contributed by atoms with E-state index in [4.69, 9.17) is 4.74 Å². The van der Waals surface area contributed by atoms with Crippen LogP contribution in [0.25, 0.3) is 11.0 Å². The summed E-state index contributed by atoms with van der Waals surface area (Å²) in [5.41, 5.74) is 2.31. The first-order valence-corrected chi connectivity index (χ1v) is 9.28. The maximum absolute atomic E-state index is 12.7. The molecule has 4 heterocycles. The van der Waals surface area contributed by atoms with Crippen molar-refractivity contribution in [3.8, 4) is 0 Å². The van der Waals surface area contributed by atoms with Gasteiger partial charge in [0.15, 0.2) is 0 Å². The normalized spacial score (nSPS) is 30.1. The molecule has 2 aromatic heterocycles. The highest BCUT2D eigenvalue weighted by molar-refractivity contribution is 5.80. The van der Waals surface area contributed by atoms with E-state index in [0.29, 0.717) is 18.6 Å². The van der Waals surface area contributed by atoms with Gasteiger partial charge in [-0.3, -0.25) is 10.1 Å². The zero-order valence-electron chi connectivity index (χ0n) is 14.3. The van der Waals surface area contributed by atoms with Crippen molar-refractivity contribution in [2.24, 2.45) is 5.92 Å². The summed E-state index contributed by atoms with van der Waals surface area (Å²) in [6, 6.07) is 6.27. The van der Waals surface area contributed by atoms with Crippen molar-refractivity contribution in [3.05, 3.63) is 30.1 Å². The Balaban J connectivity index is 1.19. The molecule has 2 saturated heterocycles. The van der Waals surface area contributed by atoms with E-state index in [-0.39, 0.29) is 11.5 Å². The Kier molecular flexibility index (Phi) is 3.57. The first-order chi connectivity index (χ1) is 12.2. The second-order valence-electron chi connectivity index (χ2n) is 7.82. The Morgan fingerprint density at radius 2 is 2.16 bits per heavy atom. The van der Waals surface area contributed by atoms with Gasteiger partial charge in [-0.15, -0.1) is 0 Å². The standard InChI is InChI=1S/C19H24N4O2/c24-18(15-9-19(10-15)11-25-12-21-19)23-6-3-13(4-7-23)16-8-14-2-1-5-20-17(14)22-16/h1-2,5,8,13,15,21H,3-4,6-7,9-12H2,(H,20,22)/t15-,19+. The van der Waals surface area contributed by atoms with Crippen LogP contribution in [0.15, 0.2) is 24.4 Å². The molecule has 0 aromatic carbocycles. The Labute approximate surface area is 146 Å². The van der Waals surface area contributed by atoms with Gasteiger partial charge in [0.1, 0.15) is 5.65 Å². The van der Waals surface area contributed by atoms with Crippen molar-refractivity contribution in [2.75, 3.05) is 26.4 Å². The number of rotatable bonds is 2. The first-order valence-electron chi connectivity index (χ1n) is 9.28. The van der Waals surface area contributed by atoms with Gasteiger partial charge in [0.2, 0.25) is 5.91 Å². The van der Waals surface area contributed by atoms with E-state index in [1.54, 1.807) is 0 Å². The number of carbonyl (C=O) groups excluding carboxylic acids is 1. The summed E-state index contributed by atoms with van der Waals surface area (Å²) in [5, 5.41) is 4.56. The van der Waals surface area contributed by atoms with Gasteiger partial charge < -0.3 is 14.6 Å². The van der Waals surface area contributed by atoms with Gasteiger partial charge in [-0.05, 0) is 43.9 Å². The van der Waals surface area contributed by atoms with Crippen LogP contribution in [-0.4, -0.2) is 52.7 Å². The smallest absolute Gasteiger partial charge is 0.225 e. The number of H-pyrrole nitrogens is 1. The summed E-state index contributed by atoms with van der Waals surface area (Å²) in [4.78, 5) is 22.6. The minimum Gasteiger partial charge on any atom is -0.364 e. The third-order valence-electron chi connectivity index (χ3n) is 6.21. The Hall–Kier alpha value is -1.92. The summed E-state index contributed by atoms with van der Waals surface area (Å²) in [7, 11) is 0. The van der Waals surface area contributed by atoms with Gasteiger partial charge in [0.05, 0.1) is 13.3 Å². The van der Waals surface area contributed by atoms with Crippen molar-refractivity contribution in [1.82, 2.24) is 20.2 Å². The molecule has 2 aromatic rings. The molecule has 1 saturated carbocycles. The van der Waals surface area contributed by atoms with Crippen molar-refractivity contribution in [1.29, 1.82) is 0 Å². The van der Waals surface area contributed by atoms with Crippen LogP contribution >= 0.6 is 0 Å². The number of carbonyl (C=O) groups is 1. The van der Waals surface area contributed by atoms with Crippen LogP contribution in [0.4, 0.5) is 0 Å². The zero-order valence-corrected chi connectivity index (χ0v) is 14.3. The quantitative estimate of drug-likeness (QED) is 0.877. The molecule has 0 bridgehead atoms. The lowest BCUT2D eigenvalue weighted by Crippen LogP contribution is -2.58.